The lowest BCUT2D eigenvalue weighted by atomic mass is 10.4. The van der Waals surface area contributed by atoms with E-state index in [-0.39, 0.29) is 6.42 Å². The molecule has 1 N–H and O–H groups in total. The molecule has 90 valence electrons. The predicted octanol–water partition coefficient (Wildman–Crippen LogP) is 2.07. The van der Waals surface area contributed by atoms with Crippen LogP contribution in [-0.2, 0) is 4.79 Å². The van der Waals surface area contributed by atoms with Crippen molar-refractivity contribution in [3.05, 3.63) is 11.8 Å². The SMILES string of the molecule is Cc1cc(-c2nnc(SCCC(=O)O)s2)no1. The first-order valence-corrected chi connectivity index (χ1v) is 6.57. The minimum absolute atomic E-state index is 0.114. The number of aliphatic carboxylic acids is 1. The smallest absolute Gasteiger partial charge is 0.304 e. The predicted molar refractivity (Wildman–Crippen MR) is 63.1 cm³/mol. The van der Waals surface area contributed by atoms with Crippen molar-refractivity contribution >= 4 is 29.1 Å². The molecular weight excluding hydrogens is 262 g/mol. The molecular formula is C9H9N3O3S2. The van der Waals surface area contributed by atoms with Gasteiger partial charge < -0.3 is 9.63 Å². The van der Waals surface area contributed by atoms with Gasteiger partial charge in [-0.3, -0.25) is 4.79 Å². The lowest BCUT2D eigenvalue weighted by molar-refractivity contribution is -0.136. The highest BCUT2D eigenvalue weighted by atomic mass is 32.2. The molecule has 0 bridgehead atoms. The number of carbonyl (C=O) groups is 1. The van der Waals surface area contributed by atoms with E-state index in [1.165, 1.54) is 23.1 Å². The highest BCUT2D eigenvalue weighted by Crippen LogP contribution is 2.29. The van der Waals surface area contributed by atoms with Crippen LogP contribution in [-0.4, -0.2) is 32.2 Å². The van der Waals surface area contributed by atoms with Gasteiger partial charge in [0.25, 0.3) is 0 Å². The van der Waals surface area contributed by atoms with Crippen LogP contribution in [0.5, 0.6) is 0 Å². The zero-order chi connectivity index (χ0) is 12.3. The number of hydrogen-bond donors (Lipinski definition) is 1. The third-order valence-electron chi connectivity index (χ3n) is 1.80. The fraction of sp³-hybridized carbons (Fsp3) is 0.333. The molecule has 0 saturated carbocycles. The van der Waals surface area contributed by atoms with E-state index in [9.17, 15) is 4.79 Å². The van der Waals surface area contributed by atoms with E-state index in [0.29, 0.717) is 16.5 Å². The van der Waals surface area contributed by atoms with E-state index in [0.717, 1.165) is 10.1 Å². The fourth-order valence-corrected chi connectivity index (χ4v) is 2.87. The Morgan fingerprint density at radius 2 is 2.41 bits per heavy atom. The van der Waals surface area contributed by atoms with Gasteiger partial charge in [-0.25, -0.2) is 0 Å². The summed E-state index contributed by atoms with van der Waals surface area (Å²) in [4.78, 5) is 10.4. The van der Waals surface area contributed by atoms with Crippen molar-refractivity contribution in [1.82, 2.24) is 15.4 Å². The van der Waals surface area contributed by atoms with Crippen LogP contribution in [0, 0.1) is 6.92 Å². The minimum atomic E-state index is -0.811. The maximum Gasteiger partial charge on any atom is 0.304 e. The first-order valence-electron chi connectivity index (χ1n) is 4.77. The third kappa shape index (κ3) is 3.27. The summed E-state index contributed by atoms with van der Waals surface area (Å²) in [5.41, 5.74) is 0.657. The summed E-state index contributed by atoms with van der Waals surface area (Å²) in [5.74, 6) is 0.395. The average Bonchev–Trinajstić information content (AvgIpc) is 2.86. The fourth-order valence-electron chi connectivity index (χ4n) is 1.06. The van der Waals surface area contributed by atoms with Gasteiger partial charge in [0, 0.05) is 11.8 Å². The summed E-state index contributed by atoms with van der Waals surface area (Å²) in [7, 11) is 0. The number of nitrogens with zero attached hydrogens (tertiary/aromatic N) is 3. The monoisotopic (exact) mass is 271 g/mol. The number of carboxylic acids is 1. The van der Waals surface area contributed by atoms with Crippen molar-refractivity contribution in [2.75, 3.05) is 5.75 Å². The molecule has 8 heteroatoms. The van der Waals surface area contributed by atoms with E-state index in [2.05, 4.69) is 15.4 Å². The summed E-state index contributed by atoms with van der Waals surface area (Å²) in [6.45, 7) is 1.81. The molecule has 2 rings (SSSR count). The molecule has 0 unspecified atom stereocenters. The van der Waals surface area contributed by atoms with Crippen molar-refractivity contribution in [3.63, 3.8) is 0 Å². The quantitative estimate of drug-likeness (QED) is 0.832. The van der Waals surface area contributed by atoms with Crippen LogP contribution >= 0.6 is 23.1 Å². The number of thioether (sulfide) groups is 1. The molecule has 0 aromatic carbocycles. The molecule has 0 amide bonds. The lowest BCUT2D eigenvalue weighted by Gasteiger charge is -1.90. The zero-order valence-corrected chi connectivity index (χ0v) is 10.5. The van der Waals surface area contributed by atoms with Crippen molar-refractivity contribution in [2.24, 2.45) is 0 Å². The molecule has 0 spiro atoms. The van der Waals surface area contributed by atoms with Crippen LogP contribution in [0.1, 0.15) is 12.2 Å². The molecule has 0 saturated heterocycles. The van der Waals surface area contributed by atoms with Crippen molar-refractivity contribution in [1.29, 1.82) is 0 Å². The highest BCUT2D eigenvalue weighted by molar-refractivity contribution is 8.01. The second-order valence-electron chi connectivity index (χ2n) is 3.19. The van der Waals surface area contributed by atoms with E-state index in [1.807, 2.05) is 0 Å². The molecule has 0 fully saturated rings. The first kappa shape index (κ1) is 12.1. The van der Waals surface area contributed by atoms with Gasteiger partial charge in [0.15, 0.2) is 9.35 Å². The summed E-state index contributed by atoms with van der Waals surface area (Å²) in [6, 6.07) is 1.78. The molecule has 0 aliphatic carbocycles. The second-order valence-corrected chi connectivity index (χ2v) is 5.51. The molecule has 0 aliphatic rings. The summed E-state index contributed by atoms with van der Waals surface area (Å²) in [6.07, 6.45) is 0.114. The Morgan fingerprint density at radius 3 is 3.06 bits per heavy atom. The van der Waals surface area contributed by atoms with Crippen molar-refractivity contribution < 1.29 is 14.4 Å². The number of aromatic nitrogens is 3. The summed E-state index contributed by atoms with van der Waals surface area (Å²) in [5, 5.41) is 21.0. The number of hydrogen-bond acceptors (Lipinski definition) is 7. The van der Waals surface area contributed by atoms with Crippen LogP contribution in [0.15, 0.2) is 14.9 Å². The topological polar surface area (TPSA) is 89.1 Å². The van der Waals surface area contributed by atoms with Crippen LogP contribution in [0.4, 0.5) is 0 Å². The molecule has 2 heterocycles. The molecule has 0 aliphatic heterocycles. The molecule has 6 nitrogen and oxygen atoms in total. The lowest BCUT2D eigenvalue weighted by Crippen LogP contribution is -1.95. The van der Waals surface area contributed by atoms with Gasteiger partial charge in [0.05, 0.1) is 6.42 Å². The van der Waals surface area contributed by atoms with E-state index >= 15 is 0 Å². The average molecular weight is 271 g/mol. The van der Waals surface area contributed by atoms with E-state index in [1.54, 1.807) is 13.0 Å². The Labute approximate surface area is 105 Å². The Balaban J connectivity index is 1.98. The standard InChI is InChI=1S/C9H9N3O3S2/c1-5-4-6(12-15-5)8-10-11-9(17-8)16-3-2-7(13)14/h4H,2-3H2,1H3,(H,13,14). The first-order chi connectivity index (χ1) is 8.15. The van der Waals surface area contributed by atoms with Crippen LogP contribution < -0.4 is 0 Å². The molecule has 2 aromatic heterocycles. The summed E-state index contributed by atoms with van der Waals surface area (Å²) < 4.78 is 5.68. The van der Waals surface area contributed by atoms with E-state index in [4.69, 9.17) is 9.63 Å². The Morgan fingerprint density at radius 1 is 1.59 bits per heavy atom. The van der Waals surface area contributed by atoms with Gasteiger partial charge in [-0.05, 0) is 6.92 Å². The molecule has 2 aromatic rings. The zero-order valence-electron chi connectivity index (χ0n) is 8.91. The van der Waals surface area contributed by atoms with Gasteiger partial charge in [-0.15, -0.1) is 10.2 Å². The van der Waals surface area contributed by atoms with Gasteiger partial charge >= 0.3 is 5.97 Å². The normalized spacial score (nSPS) is 10.6. The van der Waals surface area contributed by atoms with E-state index < -0.39 is 5.97 Å². The van der Waals surface area contributed by atoms with Gasteiger partial charge in [-0.2, -0.15) is 0 Å². The van der Waals surface area contributed by atoms with Gasteiger partial charge in [0.2, 0.25) is 0 Å². The van der Waals surface area contributed by atoms with Gasteiger partial charge in [-0.1, -0.05) is 28.3 Å². The summed E-state index contributed by atoms with van der Waals surface area (Å²) >= 11 is 2.75. The number of rotatable bonds is 5. The van der Waals surface area contributed by atoms with Crippen LogP contribution in [0.25, 0.3) is 10.7 Å². The maximum atomic E-state index is 10.4. The molecule has 0 radical (unpaired) electrons. The largest absolute Gasteiger partial charge is 0.481 e. The Bertz CT molecular complexity index is 523. The number of aryl methyl sites for hydroxylation is 1. The van der Waals surface area contributed by atoms with Crippen molar-refractivity contribution in [3.8, 4) is 10.7 Å². The second kappa shape index (κ2) is 5.28. The van der Waals surface area contributed by atoms with Crippen LogP contribution in [0.3, 0.4) is 0 Å². The number of carboxylic acid groups (broad SMARTS) is 1. The maximum absolute atomic E-state index is 10.4. The van der Waals surface area contributed by atoms with Crippen molar-refractivity contribution in [2.45, 2.75) is 17.7 Å². The molecule has 0 atom stereocenters. The highest BCUT2D eigenvalue weighted by Gasteiger charge is 2.11. The van der Waals surface area contributed by atoms with Gasteiger partial charge in [0.1, 0.15) is 11.5 Å². The minimum Gasteiger partial charge on any atom is -0.481 e. The Kier molecular flexibility index (Phi) is 3.75. The molecule has 17 heavy (non-hydrogen) atoms. The Hall–Kier alpha value is -1.41. The van der Waals surface area contributed by atoms with Crippen LogP contribution in [0.2, 0.25) is 0 Å². The third-order valence-corrected chi connectivity index (χ3v) is 3.88.